The van der Waals surface area contributed by atoms with E-state index in [-0.39, 0.29) is 17.6 Å². The lowest BCUT2D eigenvalue weighted by Gasteiger charge is -2.21. The molecule has 1 aromatic carbocycles. The molecule has 0 aromatic heterocycles. The number of piperidine rings is 1. The Morgan fingerprint density at radius 2 is 2.05 bits per heavy atom. The van der Waals surface area contributed by atoms with Crippen LogP contribution in [-0.4, -0.2) is 18.2 Å². The van der Waals surface area contributed by atoms with E-state index in [0.717, 1.165) is 31.4 Å². The molecule has 3 nitrogen and oxygen atoms in total. The standard InChI is InChI=1S/C17H23NO2/c1-2-3-5-13-7-9-14(10-8-13)16(19)12-15-6-4-11-18-17(15)20/h7-10,15H,2-6,11-12H2,1H3,(H,18,20)/t15-/m1/s1. The molecule has 2 rings (SSSR count). The number of rotatable bonds is 6. The first kappa shape index (κ1) is 14.8. The molecule has 0 unspecified atom stereocenters. The highest BCUT2D eigenvalue weighted by Crippen LogP contribution is 2.19. The van der Waals surface area contributed by atoms with Crippen LogP contribution in [0.2, 0.25) is 0 Å². The first-order valence-electron chi connectivity index (χ1n) is 7.60. The van der Waals surface area contributed by atoms with E-state index in [2.05, 4.69) is 12.2 Å². The molecule has 0 aliphatic carbocycles. The van der Waals surface area contributed by atoms with Crippen molar-refractivity contribution in [1.29, 1.82) is 0 Å². The summed E-state index contributed by atoms with van der Waals surface area (Å²) in [5.74, 6) is -0.0331. The van der Waals surface area contributed by atoms with E-state index in [1.54, 1.807) is 0 Å². The number of ketones is 1. The second-order valence-electron chi connectivity index (χ2n) is 5.56. The number of hydrogen-bond acceptors (Lipinski definition) is 2. The monoisotopic (exact) mass is 273 g/mol. The third kappa shape index (κ3) is 3.92. The molecule has 108 valence electrons. The minimum absolute atomic E-state index is 0.0316. The first-order valence-corrected chi connectivity index (χ1v) is 7.60. The largest absolute Gasteiger partial charge is 0.356 e. The summed E-state index contributed by atoms with van der Waals surface area (Å²) in [6, 6.07) is 7.86. The molecule has 1 amide bonds. The van der Waals surface area contributed by atoms with Crippen molar-refractivity contribution in [2.24, 2.45) is 5.92 Å². The average molecular weight is 273 g/mol. The van der Waals surface area contributed by atoms with Gasteiger partial charge in [-0.1, -0.05) is 37.6 Å². The third-order valence-corrected chi connectivity index (χ3v) is 3.93. The molecule has 1 aliphatic rings. The van der Waals surface area contributed by atoms with Gasteiger partial charge in [0, 0.05) is 24.4 Å². The van der Waals surface area contributed by atoms with Gasteiger partial charge in [0.25, 0.3) is 0 Å². The summed E-state index contributed by atoms with van der Waals surface area (Å²) < 4.78 is 0. The number of Topliss-reactive ketones (excluding diaryl/α,β-unsaturated/α-hetero) is 1. The fourth-order valence-corrected chi connectivity index (χ4v) is 2.61. The molecule has 1 N–H and O–H groups in total. The van der Waals surface area contributed by atoms with Crippen LogP contribution in [0.25, 0.3) is 0 Å². The van der Waals surface area contributed by atoms with E-state index in [0.29, 0.717) is 6.42 Å². The maximum Gasteiger partial charge on any atom is 0.223 e. The summed E-state index contributed by atoms with van der Waals surface area (Å²) >= 11 is 0. The van der Waals surface area contributed by atoms with Gasteiger partial charge in [0.05, 0.1) is 0 Å². The Labute approximate surface area is 120 Å². The molecule has 0 radical (unpaired) electrons. The second-order valence-corrected chi connectivity index (χ2v) is 5.56. The van der Waals surface area contributed by atoms with Crippen LogP contribution >= 0.6 is 0 Å². The van der Waals surface area contributed by atoms with Crippen LogP contribution in [-0.2, 0) is 11.2 Å². The predicted octanol–water partition coefficient (Wildman–Crippen LogP) is 3.13. The summed E-state index contributed by atoms with van der Waals surface area (Å²) in [4.78, 5) is 23.9. The lowest BCUT2D eigenvalue weighted by Crippen LogP contribution is -2.37. The molecular weight excluding hydrogens is 250 g/mol. The average Bonchev–Trinajstić information content (AvgIpc) is 2.48. The van der Waals surface area contributed by atoms with Gasteiger partial charge >= 0.3 is 0 Å². The molecule has 1 heterocycles. The summed E-state index contributed by atoms with van der Waals surface area (Å²) in [5.41, 5.74) is 2.00. The number of aryl methyl sites for hydroxylation is 1. The second kappa shape index (κ2) is 7.22. The summed E-state index contributed by atoms with van der Waals surface area (Å²) in [5, 5.41) is 2.83. The minimum Gasteiger partial charge on any atom is -0.356 e. The van der Waals surface area contributed by atoms with Gasteiger partial charge in [0.1, 0.15) is 0 Å². The molecule has 1 fully saturated rings. The maximum atomic E-state index is 12.2. The van der Waals surface area contributed by atoms with Gasteiger partial charge in [0.15, 0.2) is 5.78 Å². The van der Waals surface area contributed by atoms with Crippen molar-refractivity contribution in [2.45, 2.75) is 45.4 Å². The number of nitrogens with one attached hydrogen (secondary N) is 1. The molecular formula is C17H23NO2. The van der Waals surface area contributed by atoms with E-state index in [1.807, 2.05) is 24.3 Å². The van der Waals surface area contributed by atoms with Gasteiger partial charge in [-0.05, 0) is 31.2 Å². The SMILES string of the molecule is CCCCc1ccc(C(=O)C[C@H]2CCCNC2=O)cc1. The fourth-order valence-electron chi connectivity index (χ4n) is 2.61. The number of amides is 1. The molecule has 0 saturated carbocycles. The lowest BCUT2D eigenvalue weighted by atomic mass is 9.91. The van der Waals surface area contributed by atoms with E-state index in [9.17, 15) is 9.59 Å². The van der Waals surface area contributed by atoms with Gasteiger partial charge in [-0.15, -0.1) is 0 Å². The Morgan fingerprint density at radius 3 is 2.70 bits per heavy atom. The van der Waals surface area contributed by atoms with Crippen LogP contribution in [0.5, 0.6) is 0 Å². The lowest BCUT2D eigenvalue weighted by molar-refractivity contribution is -0.126. The van der Waals surface area contributed by atoms with Crippen LogP contribution in [0.1, 0.15) is 54.9 Å². The Kier molecular flexibility index (Phi) is 5.33. The summed E-state index contributed by atoms with van der Waals surface area (Å²) in [6.45, 7) is 2.92. The van der Waals surface area contributed by atoms with Crippen molar-refractivity contribution in [3.05, 3.63) is 35.4 Å². The van der Waals surface area contributed by atoms with Crippen molar-refractivity contribution >= 4 is 11.7 Å². The Bertz CT molecular complexity index is 464. The van der Waals surface area contributed by atoms with Gasteiger partial charge in [-0.25, -0.2) is 0 Å². The first-order chi connectivity index (χ1) is 9.70. The van der Waals surface area contributed by atoms with Crippen molar-refractivity contribution in [2.75, 3.05) is 6.54 Å². The van der Waals surface area contributed by atoms with Crippen LogP contribution in [0, 0.1) is 5.92 Å². The van der Waals surface area contributed by atoms with Gasteiger partial charge in [0.2, 0.25) is 5.91 Å². The van der Waals surface area contributed by atoms with Crippen molar-refractivity contribution < 1.29 is 9.59 Å². The van der Waals surface area contributed by atoms with Gasteiger partial charge < -0.3 is 5.32 Å². The zero-order valence-electron chi connectivity index (χ0n) is 12.2. The molecule has 0 spiro atoms. The van der Waals surface area contributed by atoms with Gasteiger partial charge in [-0.2, -0.15) is 0 Å². The number of benzene rings is 1. The molecule has 3 heteroatoms. The highest BCUT2D eigenvalue weighted by molar-refractivity contribution is 5.98. The van der Waals surface area contributed by atoms with Crippen LogP contribution in [0.15, 0.2) is 24.3 Å². The van der Waals surface area contributed by atoms with E-state index >= 15 is 0 Å². The topological polar surface area (TPSA) is 46.2 Å². The highest BCUT2D eigenvalue weighted by atomic mass is 16.2. The van der Waals surface area contributed by atoms with E-state index in [4.69, 9.17) is 0 Å². The Hall–Kier alpha value is -1.64. The van der Waals surface area contributed by atoms with Crippen molar-refractivity contribution in [3.63, 3.8) is 0 Å². The van der Waals surface area contributed by atoms with Gasteiger partial charge in [-0.3, -0.25) is 9.59 Å². The normalized spacial score (nSPS) is 18.6. The molecule has 20 heavy (non-hydrogen) atoms. The Morgan fingerprint density at radius 1 is 1.30 bits per heavy atom. The van der Waals surface area contributed by atoms with Crippen LogP contribution in [0.4, 0.5) is 0 Å². The van der Waals surface area contributed by atoms with E-state index < -0.39 is 0 Å². The predicted molar refractivity (Wildman–Crippen MR) is 79.7 cm³/mol. The quantitative estimate of drug-likeness (QED) is 0.809. The van der Waals surface area contributed by atoms with Crippen molar-refractivity contribution in [3.8, 4) is 0 Å². The number of carbonyl (C=O) groups excluding carboxylic acids is 2. The number of unbranched alkanes of at least 4 members (excludes halogenated alkanes) is 1. The molecule has 1 saturated heterocycles. The van der Waals surface area contributed by atoms with Crippen LogP contribution in [0.3, 0.4) is 0 Å². The summed E-state index contributed by atoms with van der Waals surface area (Å²) in [6.07, 6.45) is 5.55. The number of hydrogen-bond donors (Lipinski definition) is 1. The summed E-state index contributed by atoms with van der Waals surface area (Å²) in [7, 11) is 0. The van der Waals surface area contributed by atoms with E-state index in [1.165, 1.54) is 18.4 Å². The van der Waals surface area contributed by atoms with Crippen molar-refractivity contribution in [1.82, 2.24) is 5.32 Å². The van der Waals surface area contributed by atoms with Crippen LogP contribution < -0.4 is 5.32 Å². The number of carbonyl (C=O) groups is 2. The molecule has 1 aliphatic heterocycles. The third-order valence-electron chi connectivity index (χ3n) is 3.93. The molecule has 1 atom stereocenters. The molecule has 0 bridgehead atoms. The smallest absolute Gasteiger partial charge is 0.223 e. The Balaban J connectivity index is 1.93. The zero-order valence-corrected chi connectivity index (χ0v) is 12.2. The highest BCUT2D eigenvalue weighted by Gasteiger charge is 2.24. The zero-order chi connectivity index (χ0) is 14.4. The molecule has 1 aromatic rings. The minimum atomic E-state index is -0.143. The maximum absolute atomic E-state index is 12.2. The fraction of sp³-hybridized carbons (Fsp3) is 0.529.